The molecule has 136 valence electrons. The number of pyridine rings is 1. The lowest BCUT2D eigenvalue weighted by Crippen LogP contribution is -2.16. The quantitative estimate of drug-likeness (QED) is 0.312. The zero-order chi connectivity index (χ0) is 19.1. The van der Waals surface area contributed by atoms with E-state index in [4.69, 9.17) is 13.9 Å². The van der Waals surface area contributed by atoms with E-state index in [0.29, 0.717) is 16.9 Å². The van der Waals surface area contributed by atoms with Crippen molar-refractivity contribution in [2.24, 2.45) is 5.10 Å². The number of esters is 1. The number of methoxy groups -OCH3 is 1. The van der Waals surface area contributed by atoms with E-state index in [9.17, 15) is 9.59 Å². The molecule has 0 bridgehead atoms. The van der Waals surface area contributed by atoms with E-state index < -0.39 is 11.9 Å². The van der Waals surface area contributed by atoms with Gasteiger partial charge in [-0.15, -0.1) is 0 Å². The first kappa shape index (κ1) is 17.9. The van der Waals surface area contributed by atoms with Crippen LogP contribution in [0.25, 0.3) is 0 Å². The number of nitrogens with zero attached hydrogens (tertiary/aromatic N) is 2. The predicted octanol–water partition coefficient (Wildman–Crippen LogP) is 2.67. The summed E-state index contributed by atoms with van der Waals surface area (Å²) in [6.45, 7) is 0. The zero-order valence-corrected chi connectivity index (χ0v) is 14.3. The summed E-state index contributed by atoms with van der Waals surface area (Å²) in [4.78, 5) is 27.7. The Morgan fingerprint density at radius 1 is 1.15 bits per heavy atom. The van der Waals surface area contributed by atoms with Crippen LogP contribution in [-0.4, -0.2) is 30.2 Å². The molecule has 0 saturated heterocycles. The molecule has 1 N–H and O–H groups in total. The summed E-state index contributed by atoms with van der Waals surface area (Å²) in [5.41, 5.74) is 3.35. The Bertz CT molecular complexity index is 953. The molecule has 3 rings (SSSR count). The van der Waals surface area contributed by atoms with Crippen LogP contribution >= 0.6 is 0 Å². The molecule has 0 spiro atoms. The number of nitrogens with one attached hydrogen (secondary N) is 1. The van der Waals surface area contributed by atoms with Crippen LogP contribution in [0.2, 0.25) is 0 Å². The lowest BCUT2D eigenvalue weighted by Gasteiger charge is -2.09. The number of hydrogen-bond donors (Lipinski definition) is 1. The van der Waals surface area contributed by atoms with Gasteiger partial charge in [-0.25, -0.2) is 10.2 Å². The first-order valence-corrected chi connectivity index (χ1v) is 7.84. The second-order valence-corrected chi connectivity index (χ2v) is 5.21. The Balaban J connectivity index is 1.67. The largest absolute Gasteiger partial charge is 0.493 e. The van der Waals surface area contributed by atoms with Crippen LogP contribution < -0.4 is 14.9 Å². The van der Waals surface area contributed by atoms with Gasteiger partial charge < -0.3 is 13.9 Å². The van der Waals surface area contributed by atoms with Gasteiger partial charge in [0.1, 0.15) is 0 Å². The molecule has 3 aromatic rings. The highest BCUT2D eigenvalue weighted by atomic mass is 16.6. The number of benzene rings is 1. The Hall–Kier alpha value is -3.94. The third-order valence-electron chi connectivity index (χ3n) is 3.43. The molecule has 8 heteroatoms. The van der Waals surface area contributed by atoms with E-state index in [1.54, 1.807) is 36.4 Å². The van der Waals surface area contributed by atoms with Gasteiger partial charge in [-0.1, -0.05) is 0 Å². The topological polar surface area (TPSA) is 103 Å². The highest BCUT2D eigenvalue weighted by Crippen LogP contribution is 2.28. The fraction of sp³-hybridized carbons (Fsp3) is 0.0526. The molecular weight excluding hydrogens is 350 g/mol. The molecule has 0 fully saturated rings. The number of carbonyl (C=O) groups is 2. The maximum atomic E-state index is 12.1. The van der Waals surface area contributed by atoms with Crippen molar-refractivity contribution in [1.82, 2.24) is 10.4 Å². The van der Waals surface area contributed by atoms with Gasteiger partial charge in [0.2, 0.25) is 0 Å². The molecule has 8 nitrogen and oxygen atoms in total. The molecule has 0 atom stereocenters. The smallest absolute Gasteiger partial charge is 0.343 e. The number of furan rings is 1. The number of hydrogen-bond acceptors (Lipinski definition) is 7. The van der Waals surface area contributed by atoms with Crippen molar-refractivity contribution in [2.45, 2.75) is 0 Å². The van der Waals surface area contributed by atoms with Crippen LogP contribution in [0.5, 0.6) is 11.5 Å². The summed E-state index contributed by atoms with van der Waals surface area (Å²) in [5, 5.41) is 3.86. The summed E-state index contributed by atoms with van der Waals surface area (Å²) in [6, 6.07) is 11.1. The minimum atomic E-state index is -0.525. The van der Waals surface area contributed by atoms with Crippen molar-refractivity contribution in [3.05, 3.63) is 78.0 Å². The molecule has 2 heterocycles. The maximum Gasteiger partial charge on any atom is 0.343 e. The molecule has 1 aromatic carbocycles. The summed E-state index contributed by atoms with van der Waals surface area (Å²) in [7, 11) is 1.46. The van der Waals surface area contributed by atoms with Gasteiger partial charge in [0, 0.05) is 12.4 Å². The molecule has 0 radical (unpaired) electrons. The zero-order valence-electron chi connectivity index (χ0n) is 14.3. The predicted molar refractivity (Wildman–Crippen MR) is 96.0 cm³/mol. The number of rotatable bonds is 6. The van der Waals surface area contributed by atoms with Gasteiger partial charge in [-0.2, -0.15) is 5.10 Å². The maximum absolute atomic E-state index is 12.1. The molecular formula is C19H15N3O5. The summed E-state index contributed by atoms with van der Waals surface area (Å²) < 4.78 is 15.6. The van der Waals surface area contributed by atoms with Crippen molar-refractivity contribution in [1.29, 1.82) is 0 Å². The number of aromatic nitrogens is 1. The van der Waals surface area contributed by atoms with E-state index in [1.807, 2.05) is 0 Å². The third kappa shape index (κ3) is 4.57. The molecule has 27 heavy (non-hydrogen) atoms. The van der Waals surface area contributed by atoms with E-state index in [2.05, 4.69) is 15.5 Å². The van der Waals surface area contributed by atoms with Crippen molar-refractivity contribution in [3.8, 4) is 11.5 Å². The van der Waals surface area contributed by atoms with Crippen molar-refractivity contribution < 1.29 is 23.5 Å². The monoisotopic (exact) mass is 365 g/mol. The van der Waals surface area contributed by atoms with Crippen LogP contribution in [0.4, 0.5) is 0 Å². The molecule has 0 aliphatic heterocycles. The normalized spacial score (nSPS) is 10.6. The van der Waals surface area contributed by atoms with E-state index in [0.717, 1.165) is 0 Å². The number of hydrazone groups is 1. The Morgan fingerprint density at radius 2 is 1.96 bits per heavy atom. The van der Waals surface area contributed by atoms with Crippen LogP contribution in [0, 0.1) is 0 Å². The van der Waals surface area contributed by atoms with Gasteiger partial charge >= 0.3 is 11.9 Å². The minimum absolute atomic E-state index is 0.156. The minimum Gasteiger partial charge on any atom is -0.493 e. The summed E-state index contributed by atoms with van der Waals surface area (Å²) in [6.07, 6.45) is 5.84. The van der Waals surface area contributed by atoms with Gasteiger partial charge in [-0.05, 0) is 48.0 Å². The molecule has 0 aliphatic rings. The fourth-order valence-electron chi connectivity index (χ4n) is 2.12. The highest BCUT2D eigenvalue weighted by molar-refractivity contribution is 5.93. The van der Waals surface area contributed by atoms with E-state index in [-0.39, 0.29) is 11.5 Å². The summed E-state index contributed by atoms with van der Waals surface area (Å²) >= 11 is 0. The number of carbonyl (C=O) groups excluding carboxylic acids is 2. The number of ether oxygens (including phenoxy) is 2. The van der Waals surface area contributed by atoms with Crippen molar-refractivity contribution in [2.75, 3.05) is 7.11 Å². The Kier molecular flexibility index (Phi) is 5.58. The first-order valence-electron chi connectivity index (χ1n) is 7.84. The molecule has 0 saturated carbocycles. The third-order valence-corrected chi connectivity index (χ3v) is 3.43. The SMILES string of the molecule is COc1cc(/C=N\NC(=O)c2ccco2)ccc1OC(=O)c1ccncc1. The second kappa shape index (κ2) is 8.43. The molecule has 0 aliphatic carbocycles. The average molecular weight is 365 g/mol. The average Bonchev–Trinajstić information content (AvgIpc) is 3.24. The Morgan fingerprint density at radius 3 is 2.67 bits per heavy atom. The highest BCUT2D eigenvalue weighted by Gasteiger charge is 2.12. The van der Waals surface area contributed by atoms with E-state index >= 15 is 0 Å². The lowest BCUT2D eigenvalue weighted by molar-refractivity contribution is 0.0729. The van der Waals surface area contributed by atoms with E-state index in [1.165, 1.54) is 38.0 Å². The van der Waals surface area contributed by atoms with Crippen LogP contribution in [0.3, 0.4) is 0 Å². The first-order chi connectivity index (χ1) is 13.2. The van der Waals surface area contributed by atoms with Crippen LogP contribution in [-0.2, 0) is 0 Å². The number of amides is 1. The lowest BCUT2D eigenvalue weighted by atomic mass is 10.2. The van der Waals surface area contributed by atoms with Gasteiger partial charge in [0.05, 0.1) is 25.2 Å². The standard InChI is InChI=1S/C19H15N3O5/c1-25-17-11-13(12-21-22-18(23)16-3-2-10-26-16)4-5-15(17)27-19(24)14-6-8-20-9-7-14/h2-12H,1H3,(H,22,23)/b21-12-. The molecule has 2 aromatic heterocycles. The molecule has 1 amide bonds. The fourth-order valence-corrected chi connectivity index (χ4v) is 2.12. The second-order valence-electron chi connectivity index (χ2n) is 5.21. The van der Waals surface area contributed by atoms with Gasteiger partial charge in [0.15, 0.2) is 17.3 Å². The van der Waals surface area contributed by atoms with Crippen molar-refractivity contribution in [3.63, 3.8) is 0 Å². The molecule has 0 unspecified atom stereocenters. The Labute approximate surface area is 154 Å². The van der Waals surface area contributed by atoms with Gasteiger partial charge in [0.25, 0.3) is 0 Å². The van der Waals surface area contributed by atoms with Crippen molar-refractivity contribution >= 4 is 18.1 Å². The van der Waals surface area contributed by atoms with Gasteiger partial charge in [-0.3, -0.25) is 9.78 Å². The van der Waals surface area contributed by atoms with Crippen LogP contribution in [0.1, 0.15) is 26.5 Å². The van der Waals surface area contributed by atoms with Crippen LogP contribution in [0.15, 0.2) is 70.6 Å². The summed E-state index contributed by atoms with van der Waals surface area (Å²) in [5.74, 6) is -0.230.